The van der Waals surface area contributed by atoms with E-state index in [-0.39, 0.29) is 0 Å². The Hall–Kier alpha value is -2.08. The summed E-state index contributed by atoms with van der Waals surface area (Å²) in [6.07, 6.45) is 7.58. The van der Waals surface area contributed by atoms with Crippen LogP contribution in [-0.4, -0.2) is 57.1 Å². The molecule has 0 spiro atoms. The van der Waals surface area contributed by atoms with Crippen molar-refractivity contribution in [2.24, 2.45) is 0 Å². The Morgan fingerprint density at radius 2 is 1.66 bits per heavy atom. The van der Waals surface area contributed by atoms with E-state index in [0.717, 1.165) is 50.5 Å². The first kappa shape index (κ1) is 23.1. The fraction of sp³-hybridized carbons (Fsp3) is 0.556. The van der Waals surface area contributed by atoms with E-state index < -0.39 is 0 Å². The first-order valence-electron chi connectivity index (χ1n) is 12.0. The molecule has 3 atom stereocenters. The first-order valence-corrected chi connectivity index (χ1v) is 12.0. The molecule has 2 aromatic rings. The van der Waals surface area contributed by atoms with Crippen molar-refractivity contribution >= 4 is 0 Å². The van der Waals surface area contributed by atoms with Crippen molar-refractivity contribution in [2.45, 2.75) is 63.4 Å². The lowest BCUT2D eigenvalue weighted by atomic mass is 9.91. The Morgan fingerprint density at radius 1 is 0.844 bits per heavy atom. The molecule has 0 bridgehead atoms. The lowest BCUT2D eigenvalue weighted by Crippen LogP contribution is -2.46. The number of nitrogens with zero attached hydrogens (tertiary/aromatic N) is 1. The smallest absolute Gasteiger partial charge is 0.160 e. The van der Waals surface area contributed by atoms with Crippen LogP contribution in [0, 0.1) is 0 Å². The molecule has 1 aliphatic carbocycles. The van der Waals surface area contributed by atoms with Crippen LogP contribution in [0.5, 0.6) is 11.5 Å². The fourth-order valence-electron chi connectivity index (χ4n) is 5.03. The van der Waals surface area contributed by atoms with Crippen molar-refractivity contribution in [3.63, 3.8) is 0 Å². The zero-order valence-corrected chi connectivity index (χ0v) is 19.5. The average molecular weight is 440 g/mol. The predicted molar refractivity (Wildman–Crippen MR) is 126 cm³/mol. The van der Waals surface area contributed by atoms with Crippen LogP contribution in [0.15, 0.2) is 48.5 Å². The number of benzene rings is 2. The minimum absolute atomic E-state index is 0.316. The Bertz CT molecular complexity index is 828. The zero-order chi connectivity index (χ0) is 22.2. The topological polar surface area (TPSA) is 40.2 Å². The van der Waals surface area contributed by atoms with Gasteiger partial charge in [0.05, 0.1) is 39.6 Å². The number of likely N-dealkylation sites (tertiary alicyclic amines) is 1. The van der Waals surface area contributed by atoms with E-state index in [9.17, 15) is 0 Å². The number of hydrogen-bond acceptors (Lipinski definition) is 5. The Kier molecular flexibility index (Phi) is 8.43. The summed E-state index contributed by atoms with van der Waals surface area (Å²) in [5, 5.41) is 0. The molecular weight excluding hydrogens is 402 g/mol. The summed E-state index contributed by atoms with van der Waals surface area (Å²) in [4.78, 5) is 2.62. The van der Waals surface area contributed by atoms with Crippen LogP contribution in [0.25, 0.3) is 0 Å². The van der Waals surface area contributed by atoms with Crippen LogP contribution in [-0.2, 0) is 22.5 Å². The Balaban J connectivity index is 1.26. The standard InChI is InChI=1S/C27H37NO4/c1-29-26-13-12-21(18-27(26)30-2)15-17-31-25-11-7-6-10-24(25)28-16-14-23(19-28)32-20-22-8-4-3-5-9-22/h3-5,8-9,12-13,18,23-25H,6-7,10-11,14-17,19-20H2,1-2H3/t23-,24+,25-/m1/s1. The van der Waals surface area contributed by atoms with Gasteiger partial charge in [-0.25, -0.2) is 0 Å². The summed E-state index contributed by atoms with van der Waals surface area (Å²) >= 11 is 0. The monoisotopic (exact) mass is 439 g/mol. The maximum atomic E-state index is 6.45. The molecule has 0 aromatic heterocycles. The third-order valence-electron chi connectivity index (χ3n) is 6.81. The molecule has 1 saturated heterocycles. The molecule has 2 aromatic carbocycles. The van der Waals surface area contributed by atoms with E-state index in [1.807, 2.05) is 6.07 Å². The molecule has 0 unspecified atom stereocenters. The third kappa shape index (κ3) is 6.03. The van der Waals surface area contributed by atoms with Gasteiger partial charge in [0.25, 0.3) is 0 Å². The molecule has 32 heavy (non-hydrogen) atoms. The Labute approximate surface area is 192 Å². The lowest BCUT2D eigenvalue weighted by Gasteiger charge is -2.37. The van der Waals surface area contributed by atoms with E-state index in [1.54, 1.807) is 14.2 Å². The highest BCUT2D eigenvalue weighted by Crippen LogP contribution is 2.30. The summed E-state index contributed by atoms with van der Waals surface area (Å²) in [7, 11) is 3.34. The van der Waals surface area contributed by atoms with Gasteiger partial charge in [-0.2, -0.15) is 0 Å². The van der Waals surface area contributed by atoms with Crippen molar-refractivity contribution in [1.29, 1.82) is 0 Å². The van der Waals surface area contributed by atoms with E-state index in [1.165, 1.54) is 30.4 Å². The second-order valence-corrected chi connectivity index (χ2v) is 8.90. The van der Waals surface area contributed by atoms with Gasteiger partial charge >= 0.3 is 0 Å². The van der Waals surface area contributed by atoms with Crippen LogP contribution in [0.2, 0.25) is 0 Å². The first-order chi connectivity index (χ1) is 15.8. The zero-order valence-electron chi connectivity index (χ0n) is 19.5. The van der Waals surface area contributed by atoms with Gasteiger partial charge in [0, 0.05) is 19.1 Å². The molecular formula is C27H37NO4. The molecule has 2 fully saturated rings. The molecule has 5 heteroatoms. The lowest BCUT2D eigenvalue weighted by molar-refractivity contribution is -0.0352. The summed E-state index contributed by atoms with van der Waals surface area (Å²) < 4.78 is 23.4. The highest BCUT2D eigenvalue weighted by atomic mass is 16.5. The van der Waals surface area contributed by atoms with Crippen LogP contribution in [0.4, 0.5) is 0 Å². The van der Waals surface area contributed by atoms with Gasteiger partial charge in [0.15, 0.2) is 11.5 Å². The van der Waals surface area contributed by atoms with Crippen molar-refractivity contribution in [1.82, 2.24) is 4.90 Å². The second kappa shape index (κ2) is 11.7. The molecule has 2 aliphatic rings. The van der Waals surface area contributed by atoms with Gasteiger partial charge < -0.3 is 18.9 Å². The summed E-state index contributed by atoms with van der Waals surface area (Å²) in [6, 6.07) is 17.1. The largest absolute Gasteiger partial charge is 0.493 e. The number of ether oxygens (including phenoxy) is 4. The van der Waals surface area contributed by atoms with Crippen LogP contribution in [0.3, 0.4) is 0 Å². The quantitative estimate of drug-likeness (QED) is 0.528. The van der Waals surface area contributed by atoms with E-state index in [0.29, 0.717) is 24.9 Å². The predicted octanol–water partition coefficient (Wildman–Crippen LogP) is 4.87. The van der Waals surface area contributed by atoms with Crippen LogP contribution >= 0.6 is 0 Å². The maximum absolute atomic E-state index is 6.45. The molecule has 1 aliphatic heterocycles. The van der Waals surface area contributed by atoms with Gasteiger partial charge in [0.2, 0.25) is 0 Å². The number of rotatable bonds is 10. The third-order valence-corrected chi connectivity index (χ3v) is 6.81. The number of hydrogen-bond donors (Lipinski definition) is 0. The van der Waals surface area contributed by atoms with Crippen molar-refractivity contribution in [3.05, 3.63) is 59.7 Å². The Morgan fingerprint density at radius 3 is 2.47 bits per heavy atom. The van der Waals surface area contributed by atoms with E-state index >= 15 is 0 Å². The molecule has 0 radical (unpaired) electrons. The van der Waals surface area contributed by atoms with Gasteiger partial charge in [-0.15, -0.1) is 0 Å². The summed E-state index contributed by atoms with van der Waals surface area (Å²) in [6.45, 7) is 3.57. The molecule has 1 heterocycles. The van der Waals surface area contributed by atoms with E-state index in [2.05, 4.69) is 47.4 Å². The molecule has 4 rings (SSSR count). The molecule has 174 valence electrons. The van der Waals surface area contributed by atoms with Gasteiger partial charge in [-0.1, -0.05) is 49.2 Å². The fourth-order valence-corrected chi connectivity index (χ4v) is 5.03. The minimum Gasteiger partial charge on any atom is -0.493 e. The summed E-state index contributed by atoms with van der Waals surface area (Å²) in [5.74, 6) is 1.54. The van der Waals surface area contributed by atoms with Crippen molar-refractivity contribution in [3.8, 4) is 11.5 Å². The molecule has 5 nitrogen and oxygen atoms in total. The average Bonchev–Trinajstić information content (AvgIpc) is 3.32. The molecule has 0 N–H and O–H groups in total. The van der Waals surface area contributed by atoms with Crippen molar-refractivity contribution < 1.29 is 18.9 Å². The van der Waals surface area contributed by atoms with Crippen LogP contribution < -0.4 is 9.47 Å². The van der Waals surface area contributed by atoms with E-state index in [4.69, 9.17) is 18.9 Å². The highest BCUT2D eigenvalue weighted by Gasteiger charge is 2.35. The second-order valence-electron chi connectivity index (χ2n) is 8.90. The number of methoxy groups -OCH3 is 2. The van der Waals surface area contributed by atoms with Crippen molar-refractivity contribution in [2.75, 3.05) is 33.9 Å². The summed E-state index contributed by atoms with van der Waals surface area (Å²) in [5.41, 5.74) is 2.46. The van der Waals surface area contributed by atoms with Gasteiger partial charge in [0.1, 0.15) is 0 Å². The molecule has 0 amide bonds. The van der Waals surface area contributed by atoms with Gasteiger partial charge in [-0.3, -0.25) is 4.90 Å². The normalized spacial score (nSPS) is 23.9. The molecule has 1 saturated carbocycles. The van der Waals surface area contributed by atoms with Crippen LogP contribution in [0.1, 0.15) is 43.2 Å². The van der Waals surface area contributed by atoms with Gasteiger partial charge in [-0.05, 0) is 48.9 Å². The SMILES string of the molecule is COc1ccc(CCO[C@@H]2CCCC[C@@H]2N2CC[C@@H](OCc3ccccc3)C2)cc1OC. The maximum Gasteiger partial charge on any atom is 0.160 e. The minimum atomic E-state index is 0.316. The highest BCUT2D eigenvalue weighted by molar-refractivity contribution is 5.42.